The average molecular weight is 231 g/mol. The Bertz CT molecular complexity index is 583. The Morgan fingerprint density at radius 2 is 2.06 bits per heavy atom. The van der Waals surface area contributed by atoms with Crippen LogP contribution in [0.2, 0.25) is 0 Å². The van der Waals surface area contributed by atoms with Gasteiger partial charge >= 0.3 is 5.97 Å². The molecule has 0 unspecified atom stereocenters. The van der Waals surface area contributed by atoms with Crippen molar-refractivity contribution in [3.05, 3.63) is 30.5 Å². The van der Waals surface area contributed by atoms with Crippen LogP contribution >= 0.6 is 0 Å². The SMILES string of the molecule is CCC(=O)Oc1cccc2c1ccn2C(C)=O. The summed E-state index contributed by atoms with van der Waals surface area (Å²) in [6.07, 6.45) is 2.00. The van der Waals surface area contributed by atoms with Gasteiger partial charge in [0.2, 0.25) is 5.91 Å². The highest BCUT2D eigenvalue weighted by Gasteiger charge is 2.10. The van der Waals surface area contributed by atoms with Crippen molar-refractivity contribution < 1.29 is 14.3 Å². The smallest absolute Gasteiger partial charge is 0.310 e. The van der Waals surface area contributed by atoms with Gasteiger partial charge in [-0.05, 0) is 18.2 Å². The Morgan fingerprint density at radius 3 is 2.71 bits per heavy atom. The molecular formula is C13H13NO3. The fourth-order valence-corrected chi connectivity index (χ4v) is 1.70. The van der Waals surface area contributed by atoms with Crippen molar-refractivity contribution in [2.24, 2.45) is 0 Å². The van der Waals surface area contributed by atoms with E-state index in [9.17, 15) is 9.59 Å². The number of ether oxygens (including phenoxy) is 1. The maximum atomic E-state index is 11.4. The molecule has 4 heteroatoms. The van der Waals surface area contributed by atoms with Crippen molar-refractivity contribution in [2.45, 2.75) is 20.3 Å². The van der Waals surface area contributed by atoms with E-state index < -0.39 is 0 Å². The van der Waals surface area contributed by atoms with E-state index in [4.69, 9.17) is 4.74 Å². The highest BCUT2D eigenvalue weighted by molar-refractivity contribution is 5.95. The molecule has 0 atom stereocenters. The van der Waals surface area contributed by atoms with Gasteiger partial charge in [0.1, 0.15) is 5.75 Å². The zero-order valence-electron chi connectivity index (χ0n) is 9.77. The van der Waals surface area contributed by atoms with E-state index in [-0.39, 0.29) is 11.9 Å². The standard InChI is InChI=1S/C13H13NO3/c1-3-13(16)17-12-6-4-5-11-10(12)7-8-14(11)9(2)15/h4-8H,3H2,1-2H3. The minimum Gasteiger partial charge on any atom is -0.426 e. The molecule has 0 bridgehead atoms. The molecule has 88 valence electrons. The summed E-state index contributed by atoms with van der Waals surface area (Å²) in [6.45, 7) is 3.23. The normalized spacial score (nSPS) is 10.5. The van der Waals surface area contributed by atoms with Crippen molar-refractivity contribution in [1.29, 1.82) is 0 Å². The molecule has 1 aromatic carbocycles. The lowest BCUT2D eigenvalue weighted by Gasteiger charge is -2.05. The Hall–Kier alpha value is -2.10. The van der Waals surface area contributed by atoms with Crippen LogP contribution in [0.5, 0.6) is 5.75 Å². The summed E-state index contributed by atoms with van der Waals surface area (Å²) in [6, 6.07) is 7.08. The molecule has 0 N–H and O–H groups in total. The highest BCUT2D eigenvalue weighted by atomic mass is 16.5. The lowest BCUT2D eigenvalue weighted by atomic mass is 10.2. The van der Waals surface area contributed by atoms with E-state index in [1.165, 1.54) is 11.5 Å². The van der Waals surface area contributed by atoms with Gasteiger partial charge in [0.25, 0.3) is 0 Å². The predicted octanol–water partition coefficient (Wildman–Crippen LogP) is 2.62. The molecule has 1 aromatic heterocycles. The second kappa shape index (κ2) is 4.41. The van der Waals surface area contributed by atoms with Crippen LogP contribution in [0, 0.1) is 0 Å². The van der Waals surface area contributed by atoms with Crippen LogP contribution in [0.3, 0.4) is 0 Å². The molecule has 0 saturated heterocycles. The molecule has 0 aliphatic rings. The average Bonchev–Trinajstić information content (AvgIpc) is 2.73. The first-order valence-electron chi connectivity index (χ1n) is 5.45. The minimum absolute atomic E-state index is 0.0704. The molecule has 0 fully saturated rings. The lowest BCUT2D eigenvalue weighted by Crippen LogP contribution is -2.06. The van der Waals surface area contributed by atoms with Crippen molar-refractivity contribution in [1.82, 2.24) is 4.57 Å². The summed E-state index contributed by atoms with van der Waals surface area (Å²) in [5, 5.41) is 0.768. The summed E-state index contributed by atoms with van der Waals surface area (Å²) < 4.78 is 6.73. The lowest BCUT2D eigenvalue weighted by molar-refractivity contribution is -0.133. The van der Waals surface area contributed by atoms with Gasteiger partial charge in [-0.25, -0.2) is 0 Å². The summed E-state index contributed by atoms with van der Waals surface area (Å²) in [7, 11) is 0. The van der Waals surface area contributed by atoms with E-state index in [1.54, 1.807) is 31.3 Å². The van der Waals surface area contributed by atoms with Gasteiger partial charge in [0.15, 0.2) is 0 Å². The molecule has 17 heavy (non-hydrogen) atoms. The monoisotopic (exact) mass is 231 g/mol. The molecule has 0 amide bonds. The van der Waals surface area contributed by atoms with Crippen LogP contribution in [0.4, 0.5) is 0 Å². The number of nitrogens with zero attached hydrogens (tertiary/aromatic N) is 1. The van der Waals surface area contributed by atoms with E-state index in [1.807, 2.05) is 6.07 Å². The number of hydrogen-bond acceptors (Lipinski definition) is 3. The minimum atomic E-state index is -0.284. The second-order valence-corrected chi connectivity index (χ2v) is 3.72. The van der Waals surface area contributed by atoms with Gasteiger partial charge in [-0.2, -0.15) is 0 Å². The first-order valence-corrected chi connectivity index (χ1v) is 5.45. The molecule has 0 saturated carbocycles. The first-order chi connectivity index (χ1) is 8.13. The van der Waals surface area contributed by atoms with E-state index in [0.717, 1.165) is 10.9 Å². The second-order valence-electron chi connectivity index (χ2n) is 3.72. The van der Waals surface area contributed by atoms with Crippen molar-refractivity contribution >= 4 is 22.8 Å². The number of aromatic nitrogens is 1. The van der Waals surface area contributed by atoms with Gasteiger partial charge < -0.3 is 4.74 Å². The Morgan fingerprint density at radius 1 is 1.29 bits per heavy atom. The number of benzene rings is 1. The first kappa shape index (κ1) is 11.4. The molecule has 0 radical (unpaired) electrons. The Kier molecular flexibility index (Phi) is 2.95. The molecule has 1 heterocycles. The largest absolute Gasteiger partial charge is 0.426 e. The van der Waals surface area contributed by atoms with Gasteiger partial charge in [-0.1, -0.05) is 13.0 Å². The number of hydrogen-bond donors (Lipinski definition) is 0. The maximum absolute atomic E-state index is 11.4. The van der Waals surface area contributed by atoms with Crippen LogP contribution in [0.1, 0.15) is 25.1 Å². The summed E-state index contributed by atoms with van der Waals surface area (Å²) in [5.74, 6) is 0.140. The molecule has 4 nitrogen and oxygen atoms in total. The number of carbonyl (C=O) groups is 2. The maximum Gasteiger partial charge on any atom is 0.310 e. The number of fused-ring (bicyclic) bond motifs is 1. The van der Waals surface area contributed by atoms with Crippen LogP contribution in [0.25, 0.3) is 10.9 Å². The molecule has 0 aliphatic carbocycles. The van der Waals surface area contributed by atoms with Crippen LogP contribution in [-0.4, -0.2) is 16.4 Å². The van der Waals surface area contributed by atoms with Gasteiger partial charge in [0, 0.05) is 24.9 Å². The number of carbonyl (C=O) groups excluding carboxylic acids is 2. The Labute approximate surface area is 98.8 Å². The molecule has 2 aromatic rings. The van der Waals surface area contributed by atoms with Crippen LogP contribution < -0.4 is 4.74 Å². The zero-order valence-corrected chi connectivity index (χ0v) is 9.77. The summed E-state index contributed by atoms with van der Waals surface area (Å²) >= 11 is 0. The summed E-state index contributed by atoms with van der Waals surface area (Å²) in [5.41, 5.74) is 0.749. The predicted molar refractivity (Wildman–Crippen MR) is 64.2 cm³/mol. The third-order valence-electron chi connectivity index (χ3n) is 2.54. The van der Waals surface area contributed by atoms with E-state index in [0.29, 0.717) is 12.2 Å². The van der Waals surface area contributed by atoms with Crippen molar-refractivity contribution in [3.63, 3.8) is 0 Å². The molecular weight excluding hydrogens is 218 g/mol. The number of esters is 1. The third kappa shape index (κ3) is 2.06. The number of rotatable bonds is 2. The quantitative estimate of drug-likeness (QED) is 0.589. The third-order valence-corrected chi connectivity index (χ3v) is 2.54. The molecule has 2 rings (SSSR count). The van der Waals surface area contributed by atoms with Crippen LogP contribution in [0.15, 0.2) is 30.5 Å². The molecule has 0 spiro atoms. The van der Waals surface area contributed by atoms with Gasteiger partial charge in [-0.3, -0.25) is 14.2 Å². The fourth-order valence-electron chi connectivity index (χ4n) is 1.70. The highest BCUT2D eigenvalue weighted by Crippen LogP contribution is 2.26. The van der Waals surface area contributed by atoms with Crippen molar-refractivity contribution in [3.8, 4) is 5.75 Å². The van der Waals surface area contributed by atoms with Gasteiger partial charge in [0.05, 0.1) is 5.52 Å². The van der Waals surface area contributed by atoms with E-state index in [2.05, 4.69) is 0 Å². The zero-order chi connectivity index (χ0) is 12.4. The summed E-state index contributed by atoms with van der Waals surface area (Å²) in [4.78, 5) is 22.6. The molecule has 0 aliphatic heterocycles. The topological polar surface area (TPSA) is 48.3 Å². The van der Waals surface area contributed by atoms with E-state index >= 15 is 0 Å². The van der Waals surface area contributed by atoms with Gasteiger partial charge in [-0.15, -0.1) is 0 Å². The fraction of sp³-hybridized carbons (Fsp3) is 0.231. The van der Waals surface area contributed by atoms with Crippen molar-refractivity contribution in [2.75, 3.05) is 0 Å². The Balaban J connectivity index is 2.52. The van der Waals surface area contributed by atoms with Crippen LogP contribution in [-0.2, 0) is 4.79 Å².